The number of halogens is 1. The van der Waals surface area contributed by atoms with E-state index in [-0.39, 0.29) is 56.7 Å². The Balaban J connectivity index is 1.99. The lowest BCUT2D eigenvalue weighted by atomic mass is 10.1. The van der Waals surface area contributed by atoms with Crippen molar-refractivity contribution in [1.29, 1.82) is 0 Å². The number of hydrogen-bond acceptors (Lipinski definition) is 7. The zero-order chi connectivity index (χ0) is 25.4. The summed E-state index contributed by atoms with van der Waals surface area (Å²) in [5.41, 5.74) is 0.658. The van der Waals surface area contributed by atoms with Crippen molar-refractivity contribution < 1.29 is 28.9 Å². The van der Waals surface area contributed by atoms with E-state index in [1.165, 1.54) is 29.8 Å². The van der Waals surface area contributed by atoms with Gasteiger partial charge in [0.05, 0.1) is 25.3 Å². The van der Waals surface area contributed by atoms with Crippen LogP contribution in [-0.4, -0.2) is 64.5 Å². The van der Waals surface area contributed by atoms with Crippen LogP contribution < -0.4 is 16.2 Å². The summed E-state index contributed by atoms with van der Waals surface area (Å²) in [5.74, 6) is -1.99. The SMILES string of the molecule is CC(=O)NCCn1c(=O)c(C(=O)NCCOCCO)c(O)c2ncc(Cc3ccc(F)cc3)cc21. The maximum atomic E-state index is 13.3. The standard InChI is InChI=1S/C24H27FN4O6/c1-15(31)26-6-8-29-19-13-17(12-16-2-4-18(25)5-3-16)14-28-21(19)22(32)20(24(29)34)23(33)27-7-10-35-11-9-30/h2-5,13-14,30,32H,6-12H2,1H3,(H,26,31)(H,27,33). The van der Waals surface area contributed by atoms with E-state index in [0.29, 0.717) is 17.5 Å². The Hall–Kier alpha value is -3.83. The average Bonchev–Trinajstić information content (AvgIpc) is 2.82. The molecule has 0 unspecified atom stereocenters. The molecule has 0 aliphatic heterocycles. The van der Waals surface area contributed by atoms with E-state index in [4.69, 9.17) is 9.84 Å². The first kappa shape index (κ1) is 25.8. The summed E-state index contributed by atoms with van der Waals surface area (Å²) >= 11 is 0. The van der Waals surface area contributed by atoms with Gasteiger partial charge in [-0.25, -0.2) is 4.39 Å². The fourth-order valence-electron chi connectivity index (χ4n) is 3.54. The highest BCUT2D eigenvalue weighted by molar-refractivity contribution is 6.01. The van der Waals surface area contributed by atoms with Gasteiger partial charge in [-0.05, 0) is 35.7 Å². The molecule has 0 aliphatic carbocycles. The van der Waals surface area contributed by atoms with Gasteiger partial charge in [0.2, 0.25) is 5.91 Å². The van der Waals surface area contributed by atoms with Crippen LogP contribution in [0.5, 0.6) is 5.75 Å². The van der Waals surface area contributed by atoms with Crippen molar-refractivity contribution in [2.75, 3.05) is 32.9 Å². The Morgan fingerprint density at radius 1 is 1.11 bits per heavy atom. The number of aromatic hydroxyl groups is 1. The lowest BCUT2D eigenvalue weighted by Crippen LogP contribution is -2.37. The molecule has 0 saturated heterocycles. The molecule has 2 heterocycles. The summed E-state index contributed by atoms with van der Waals surface area (Å²) in [6.45, 7) is 1.63. The molecule has 0 atom stereocenters. The number of aromatic nitrogens is 2. The number of amides is 2. The van der Waals surface area contributed by atoms with Crippen molar-refractivity contribution in [1.82, 2.24) is 20.2 Å². The predicted octanol–water partition coefficient (Wildman–Crippen LogP) is 0.707. The Bertz CT molecular complexity index is 1260. The zero-order valence-electron chi connectivity index (χ0n) is 19.2. The highest BCUT2D eigenvalue weighted by Gasteiger charge is 2.23. The van der Waals surface area contributed by atoms with Crippen LogP contribution in [0.1, 0.15) is 28.4 Å². The molecular weight excluding hydrogens is 459 g/mol. The van der Waals surface area contributed by atoms with Crippen LogP contribution in [0.15, 0.2) is 41.3 Å². The minimum absolute atomic E-state index is 0.0385. The number of nitrogens with zero attached hydrogens (tertiary/aromatic N) is 2. The van der Waals surface area contributed by atoms with Gasteiger partial charge in [-0.15, -0.1) is 0 Å². The van der Waals surface area contributed by atoms with Crippen LogP contribution in [0.3, 0.4) is 0 Å². The van der Waals surface area contributed by atoms with Crippen molar-refractivity contribution in [3.8, 4) is 5.75 Å². The molecule has 0 fully saturated rings. The number of rotatable bonds is 11. The van der Waals surface area contributed by atoms with Gasteiger partial charge in [-0.3, -0.25) is 19.4 Å². The second kappa shape index (κ2) is 12.0. The highest BCUT2D eigenvalue weighted by atomic mass is 19.1. The molecule has 10 nitrogen and oxygen atoms in total. The van der Waals surface area contributed by atoms with Gasteiger partial charge in [-0.1, -0.05) is 12.1 Å². The topological polar surface area (TPSA) is 143 Å². The second-order valence-electron chi connectivity index (χ2n) is 7.77. The molecule has 2 amide bonds. The van der Waals surface area contributed by atoms with Crippen LogP contribution in [0.25, 0.3) is 11.0 Å². The maximum absolute atomic E-state index is 13.3. The number of benzene rings is 1. The summed E-state index contributed by atoms with van der Waals surface area (Å²) < 4.78 is 19.6. The van der Waals surface area contributed by atoms with E-state index in [9.17, 15) is 23.9 Å². The number of nitrogens with one attached hydrogen (secondary N) is 2. The molecule has 4 N–H and O–H groups in total. The number of ether oxygens (including phenoxy) is 1. The van der Waals surface area contributed by atoms with Crippen molar-refractivity contribution in [2.45, 2.75) is 19.9 Å². The Labute approximate surface area is 200 Å². The molecule has 11 heteroatoms. The summed E-state index contributed by atoms with van der Waals surface area (Å²) in [4.78, 5) is 41.6. The number of hydrogen-bond donors (Lipinski definition) is 4. The molecule has 186 valence electrons. The molecule has 0 aliphatic rings. The molecule has 3 rings (SSSR count). The third-order valence-corrected chi connectivity index (χ3v) is 5.16. The predicted molar refractivity (Wildman–Crippen MR) is 126 cm³/mol. The molecule has 0 bridgehead atoms. The Morgan fingerprint density at radius 3 is 2.54 bits per heavy atom. The zero-order valence-corrected chi connectivity index (χ0v) is 19.2. The second-order valence-corrected chi connectivity index (χ2v) is 7.77. The minimum atomic E-state index is -0.799. The van der Waals surface area contributed by atoms with Gasteiger partial charge in [0, 0.05) is 32.8 Å². The monoisotopic (exact) mass is 486 g/mol. The smallest absolute Gasteiger partial charge is 0.267 e. The van der Waals surface area contributed by atoms with Crippen LogP contribution in [-0.2, 0) is 22.5 Å². The summed E-state index contributed by atoms with van der Waals surface area (Å²) in [6.07, 6.45) is 1.92. The van der Waals surface area contributed by atoms with E-state index in [0.717, 1.165) is 5.56 Å². The minimum Gasteiger partial charge on any atom is -0.505 e. The molecule has 35 heavy (non-hydrogen) atoms. The number of carbonyl (C=O) groups is 2. The summed E-state index contributed by atoms with van der Waals surface area (Å²) in [6, 6.07) is 7.64. The van der Waals surface area contributed by atoms with Gasteiger partial charge in [-0.2, -0.15) is 0 Å². The largest absolute Gasteiger partial charge is 0.505 e. The Morgan fingerprint density at radius 2 is 1.86 bits per heavy atom. The first-order chi connectivity index (χ1) is 16.8. The van der Waals surface area contributed by atoms with Crippen LogP contribution >= 0.6 is 0 Å². The molecule has 0 saturated carbocycles. The molecule has 1 aromatic carbocycles. The number of aliphatic hydroxyl groups is 1. The normalized spacial score (nSPS) is 10.9. The third-order valence-electron chi connectivity index (χ3n) is 5.16. The number of pyridine rings is 2. The van der Waals surface area contributed by atoms with Gasteiger partial charge in [0.1, 0.15) is 16.9 Å². The van der Waals surface area contributed by atoms with Crippen LogP contribution in [0.4, 0.5) is 4.39 Å². The highest BCUT2D eigenvalue weighted by Crippen LogP contribution is 2.26. The van der Waals surface area contributed by atoms with Crippen molar-refractivity contribution in [2.24, 2.45) is 0 Å². The van der Waals surface area contributed by atoms with Gasteiger partial charge in [0.25, 0.3) is 11.5 Å². The first-order valence-electron chi connectivity index (χ1n) is 11.0. The van der Waals surface area contributed by atoms with Crippen LogP contribution in [0.2, 0.25) is 0 Å². The van der Waals surface area contributed by atoms with E-state index < -0.39 is 22.8 Å². The van der Waals surface area contributed by atoms with Crippen LogP contribution in [0, 0.1) is 5.82 Å². The van der Waals surface area contributed by atoms with Gasteiger partial charge in [0.15, 0.2) is 5.75 Å². The molecule has 3 aromatic rings. The van der Waals surface area contributed by atoms with Gasteiger partial charge < -0.3 is 30.2 Å². The first-order valence-corrected chi connectivity index (χ1v) is 11.0. The third kappa shape index (κ3) is 6.61. The molecule has 2 aromatic heterocycles. The quantitative estimate of drug-likeness (QED) is 0.292. The van der Waals surface area contributed by atoms with Crippen molar-refractivity contribution in [3.63, 3.8) is 0 Å². The average molecular weight is 487 g/mol. The number of carbonyl (C=O) groups excluding carboxylic acids is 2. The Kier molecular flexibility index (Phi) is 8.87. The number of fused-ring (bicyclic) bond motifs is 1. The van der Waals surface area contributed by atoms with E-state index in [1.54, 1.807) is 18.2 Å². The molecule has 0 spiro atoms. The lowest BCUT2D eigenvalue weighted by molar-refractivity contribution is -0.118. The summed E-state index contributed by atoms with van der Waals surface area (Å²) in [5, 5.41) is 24.6. The summed E-state index contributed by atoms with van der Waals surface area (Å²) in [7, 11) is 0. The van der Waals surface area contributed by atoms with Crippen molar-refractivity contribution >= 4 is 22.8 Å². The lowest BCUT2D eigenvalue weighted by Gasteiger charge is -2.16. The van der Waals surface area contributed by atoms with E-state index >= 15 is 0 Å². The maximum Gasteiger partial charge on any atom is 0.267 e. The fraction of sp³-hybridized carbons (Fsp3) is 0.333. The van der Waals surface area contributed by atoms with E-state index in [2.05, 4.69) is 15.6 Å². The molecular formula is C24H27FN4O6. The molecule has 0 radical (unpaired) electrons. The number of aliphatic hydroxyl groups excluding tert-OH is 1. The van der Waals surface area contributed by atoms with Gasteiger partial charge >= 0.3 is 0 Å². The van der Waals surface area contributed by atoms with E-state index in [1.807, 2.05) is 0 Å². The van der Waals surface area contributed by atoms with Crippen molar-refractivity contribution in [3.05, 3.63) is 69.4 Å². The fourth-order valence-corrected chi connectivity index (χ4v) is 3.54.